The minimum absolute atomic E-state index is 0.192. The first-order valence-electron chi connectivity index (χ1n) is 9.28. The summed E-state index contributed by atoms with van der Waals surface area (Å²) in [6.07, 6.45) is 2.57. The summed E-state index contributed by atoms with van der Waals surface area (Å²) in [5.74, 6) is 0.249. The molecule has 1 aromatic carbocycles. The van der Waals surface area contributed by atoms with Crippen LogP contribution in [0.5, 0.6) is 0 Å². The molecule has 7 nitrogen and oxygen atoms in total. The standard InChI is InChI=1S/C21H18Cl2N4O3/c1-26-19(28)11-17(13-2-4-24-5-3-13)25-21(26)27-6-7-30-18(12-27)20(29)14-8-15(22)10-16(23)9-14/h2-5,8-11,18H,6-7,12H2,1H3. The summed E-state index contributed by atoms with van der Waals surface area (Å²) in [4.78, 5) is 36.1. The number of nitrogens with zero attached hydrogens (tertiary/aromatic N) is 4. The zero-order valence-corrected chi connectivity index (χ0v) is 17.6. The van der Waals surface area contributed by atoms with E-state index >= 15 is 0 Å². The molecule has 1 saturated heterocycles. The van der Waals surface area contributed by atoms with Crippen LogP contribution in [0.2, 0.25) is 10.0 Å². The van der Waals surface area contributed by atoms with E-state index in [0.717, 1.165) is 5.56 Å². The predicted octanol–water partition coefficient (Wildman–Crippen LogP) is 3.24. The molecule has 0 bridgehead atoms. The number of morpholine rings is 1. The summed E-state index contributed by atoms with van der Waals surface area (Å²) in [6.45, 7) is 1.07. The van der Waals surface area contributed by atoms with Gasteiger partial charge in [0.1, 0.15) is 6.10 Å². The van der Waals surface area contributed by atoms with Crippen molar-refractivity contribution in [2.45, 2.75) is 6.10 Å². The number of carbonyl (C=O) groups is 1. The van der Waals surface area contributed by atoms with Crippen LogP contribution in [-0.4, -0.2) is 46.1 Å². The lowest BCUT2D eigenvalue weighted by molar-refractivity contribution is 0.0337. The molecule has 0 aliphatic carbocycles. The lowest BCUT2D eigenvalue weighted by atomic mass is 10.0. The van der Waals surface area contributed by atoms with E-state index in [1.54, 1.807) is 49.8 Å². The number of aromatic nitrogens is 3. The molecular weight excluding hydrogens is 427 g/mol. The van der Waals surface area contributed by atoms with Gasteiger partial charge in [-0.1, -0.05) is 23.2 Å². The molecule has 9 heteroatoms. The van der Waals surface area contributed by atoms with Gasteiger partial charge in [0.05, 0.1) is 18.8 Å². The van der Waals surface area contributed by atoms with Crippen molar-refractivity contribution in [1.82, 2.24) is 14.5 Å². The second kappa shape index (κ2) is 8.55. The van der Waals surface area contributed by atoms with Crippen LogP contribution in [-0.2, 0) is 11.8 Å². The maximum Gasteiger partial charge on any atom is 0.255 e. The van der Waals surface area contributed by atoms with Gasteiger partial charge in [0.2, 0.25) is 5.95 Å². The van der Waals surface area contributed by atoms with E-state index in [-0.39, 0.29) is 17.9 Å². The molecule has 0 amide bonds. The number of hydrogen-bond donors (Lipinski definition) is 0. The molecule has 30 heavy (non-hydrogen) atoms. The molecule has 0 N–H and O–H groups in total. The van der Waals surface area contributed by atoms with E-state index in [1.807, 2.05) is 4.90 Å². The first kappa shape index (κ1) is 20.5. The van der Waals surface area contributed by atoms with E-state index in [1.165, 1.54) is 10.6 Å². The third kappa shape index (κ3) is 4.23. The third-order valence-corrected chi connectivity index (χ3v) is 5.31. The highest BCUT2D eigenvalue weighted by Gasteiger charge is 2.30. The molecule has 3 aromatic rings. The Labute approximate surface area is 182 Å². The van der Waals surface area contributed by atoms with Crippen LogP contribution in [0, 0.1) is 0 Å². The average Bonchev–Trinajstić information content (AvgIpc) is 2.75. The van der Waals surface area contributed by atoms with Crippen LogP contribution in [0.25, 0.3) is 11.3 Å². The minimum Gasteiger partial charge on any atom is -0.366 e. The number of pyridine rings is 1. The van der Waals surface area contributed by atoms with Crippen LogP contribution in [0.15, 0.2) is 53.6 Å². The number of hydrogen-bond acceptors (Lipinski definition) is 6. The fourth-order valence-electron chi connectivity index (χ4n) is 3.35. The largest absolute Gasteiger partial charge is 0.366 e. The Morgan fingerprint density at radius 1 is 1.13 bits per heavy atom. The summed E-state index contributed by atoms with van der Waals surface area (Å²) < 4.78 is 7.18. The van der Waals surface area contributed by atoms with Crippen molar-refractivity contribution in [2.75, 3.05) is 24.6 Å². The second-order valence-electron chi connectivity index (χ2n) is 6.90. The van der Waals surface area contributed by atoms with E-state index < -0.39 is 6.10 Å². The molecule has 154 valence electrons. The van der Waals surface area contributed by atoms with Gasteiger partial charge in [0.25, 0.3) is 5.56 Å². The van der Waals surface area contributed by atoms with Crippen LogP contribution < -0.4 is 10.5 Å². The molecule has 0 radical (unpaired) electrons. The molecular formula is C21H18Cl2N4O3. The minimum atomic E-state index is -0.727. The topological polar surface area (TPSA) is 77.3 Å². The van der Waals surface area contributed by atoms with Gasteiger partial charge in [0.15, 0.2) is 5.78 Å². The zero-order chi connectivity index (χ0) is 21.3. The fraction of sp³-hybridized carbons (Fsp3) is 0.238. The van der Waals surface area contributed by atoms with Crippen molar-refractivity contribution in [2.24, 2.45) is 7.05 Å². The van der Waals surface area contributed by atoms with Crippen molar-refractivity contribution >= 4 is 34.9 Å². The number of carbonyl (C=O) groups excluding carboxylic acids is 1. The van der Waals surface area contributed by atoms with Gasteiger partial charge in [-0.15, -0.1) is 0 Å². The number of anilines is 1. The van der Waals surface area contributed by atoms with Crippen LogP contribution in [0.4, 0.5) is 5.95 Å². The van der Waals surface area contributed by atoms with Crippen molar-refractivity contribution in [1.29, 1.82) is 0 Å². The highest BCUT2D eigenvalue weighted by atomic mass is 35.5. The molecule has 1 atom stereocenters. The summed E-state index contributed by atoms with van der Waals surface area (Å²) in [5.41, 5.74) is 1.53. The van der Waals surface area contributed by atoms with Gasteiger partial charge in [-0.2, -0.15) is 0 Å². The van der Waals surface area contributed by atoms with Crippen molar-refractivity contribution in [3.8, 4) is 11.3 Å². The molecule has 2 aromatic heterocycles. The number of halogens is 2. The summed E-state index contributed by atoms with van der Waals surface area (Å²) >= 11 is 12.1. The lowest BCUT2D eigenvalue weighted by Crippen LogP contribution is -2.48. The van der Waals surface area contributed by atoms with Gasteiger partial charge in [-0.05, 0) is 30.3 Å². The van der Waals surface area contributed by atoms with Crippen LogP contribution in [0.1, 0.15) is 10.4 Å². The third-order valence-electron chi connectivity index (χ3n) is 4.88. The van der Waals surface area contributed by atoms with Gasteiger partial charge in [-0.3, -0.25) is 19.1 Å². The quantitative estimate of drug-likeness (QED) is 0.574. The van der Waals surface area contributed by atoms with E-state index in [4.69, 9.17) is 27.9 Å². The van der Waals surface area contributed by atoms with Crippen molar-refractivity contribution in [3.05, 3.63) is 74.8 Å². The number of rotatable bonds is 4. The van der Waals surface area contributed by atoms with Gasteiger partial charge in [-0.25, -0.2) is 4.98 Å². The average molecular weight is 445 g/mol. The molecule has 1 aliphatic heterocycles. The number of ketones is 1. The normalized spacial score (nSPS) is 16.5. The highest BCUT2D eigenvalue weighted by Crippen LogP contribution is 2.23. The highest BCUT2D eigenvalue weighted by molar-refractivity contribution is 6.35. The van der Waals surface area contributed by atoms with Crippen LogP contribution >= 0.6 is 23.2 Å². The summed E-state index contributed by atoms with van der Waals surface area (Å²) in [7, 11) is 1.66. The number of Topliss-reactive ketones (excluding diaryl/α,β-unsaturated/α-hetero) is 1. The Bertz CT molecular complexity index is 1130. The van der Waals surface area contributed by atoms with E-state index in [2.05, 4.69) is 9.97 Å². The van der Waals surface area contributed by atoms with Gasteiger partial charge in [0, 0.05) is 53.2 Å². The lowest BCUT2D eigenvalue weighted by Gasteiger charge is -2.33. The molecule has 1 unspecified atom stereocenters. The maximum absolute atomic E-state index is 13.0. The molecule has 3 heterocycles. The Morgan fingerprint density at radius 3 is 2.53 bits per heavy atom. The number of benzene rings is 1. The Hall–Kier alpha value is -2.74. The molecule has 4 rings (SSSR count). The Kier molecular flexibility index (Phi) is 5.85. The summed E-state index contributed by atoms with van der Waals surface area (Å²) in [5, 5.41) is 0.764. The van der Waals surface area contributed by atoms with Gasteiger partial charge < -0.3 is 9.64 Å². The van der Waals surface area contributed by atoms with E-state index in [0.29, 0.717) is 40.4 Å². The smallest absolute Gasteiger partial charge is 0.255 e. The fourth-order valence-corrected chi connectivity index (χ4v) is 3.88. The predicted molar refractivity (Wildman–Crippen MR) is 115 cm³/mol. The van der Waals surface area contributed by atoms with Crippen molar-refractivity contribution in [3.63, 3.8) is 0 Å². The maximum atomic E-state index is 13.0. The molecule has 1 fully saturated rings. The summed E-state index contributed by atoms with van der Waals surface area (Å²) in [6, 6.07) is 9.76. The first-order valence-corrected chi connectivity index (χ1v) is 10.0. The van der Waals surface area contributed by atoms with Crippen LogP contribution in [0.3, 0.4) is 0 Å². The molecule has 1 aliphatic rings. The first-order chi connectivity index (χ1) is 14.4. The Morgan fingerprint density at radius 2 is 1.83 bits per heavy atom. The molecule has 0 saturated carbocycles. The van der Waals surface area contributed by atoms with E-state index in [9.17, 15) is 9.59 Å². The zero-order valence-electron chi connectivity index (χ0n) is 16.1. The second-order valence-corrected chi connectivity index (χ2v) is 7.78. The molecule has 0 spiro atoms. The van der Waals surface area contributed by atoms with Gasteiger partial charge >= 0.3 is 0 Å². The number of ether oxygens (including phenoxy) is 1. The Balaban J connectivity index is 1.64. The van der Waals surface area contributed by atoms with Crippen molar-refractivity contribution < 1.29 is 9.53 Å². The monoisotopic (exact) mass is 444 g/mol. The SMILES string of the molecule is Cn1c(N2CCOC(C(=O)c3cc(Cl)cc(Cl)c3)C2)nc(-c2ccncc2)cc1=O.